The first-order valence-electron chi connectivity index (χ1n) is 6.25. The largest absolute Gasteiger partial charge is 0.514 e. The normalized spacial score (nSPS) is 20.5. The zero-order chi connectivity index (χ0) is 14.3. The van der Waals surface area contributed by atoms with Crippen molar-refractivity contribution in [2.75, 3.05) is 0 Å². The zero-order valence-electron chi connectivity index (χ0n) is 11.6. The number of carbonyl (C=O) groups is 1. The number of aromatic nitrogens is 1. The van der Waals surface area contributed by atoms with Crippen LogP contribution in [0.4, 0.5) is 0 Å². The Kier molecular flexibility index (Phi) is 3.41. The molecular weight excluding hydrogens is 245 g/mol. The lowest BCUT2D eigenvalue weighted by Gasteiger charge is -2.32. The van der Waals surface area contributed by atoms with E-state index in [1.165, 1.54) is 6.07 Å². The maximum atomic E-state index is 10.6. The molecule has 0 aliphatic carbocycles. The van der Waals surface area contributed by atoms with Gasteiger partial charge in [-0.3, -0.25) is 4.98 Å². The SMILES string of the molecule is CC1(C)OB(c2ccc(O)c(CC=O)n2)OC1(C)C. The number of aromatic hydroxyl groups is 1. The number of carbonyl (C=O) groups excluding carboxylic acids is 1. The Bertz CT molecular complexity index is 485. The van der Waals surface area contributed by atoms with Crippen LogP contribution < -0.4 is 5.59 Å². The van der Waals surface area contributed by atoms with Crippen molar-refractivity contribution < 1.29 is 19.2 Å². The maximum absolute atomic E-state index is 10.6. The molecule has 0 aromatic carbocycles. The summed E-state index contributed by atoms with van der Waals surface area (Å²) < 4.78 is 11.7. The summed E-state index contributed by atoms with van der Waals surface area (Å²) in [6.07, 6.45) is 0.773. The molecule has 0 unspecified atom stereocenters. The minimum atomic E-state index is -0.587. The third-order valence-electron chi connectivity index (χ3n) is 3.74. The van der Waals surface area contributed by atoms with E-state index in [0.717, 1.165) is 0 Å². The van der Waals surface area contributed by atoms with Crippen molar-refractivity contribution in [2.24, 2.45) is 0 Å². The Labute approximate surface area is 113 Å². The summed E-state index contributed by atoms with van der Waals surface area (Å²) in [6, 6.07) is 3.15. The lowest BCUT2D eigenvalue weighted by atomic mass is 9.84. The second-order valence-corrected chi connectivity index (χ2v) is 5.66. The maximum Gasteiger partial charge on any atom is 0.514 e. The van der Waals surface area contributed by atoms with Gasteiger partial charge in [0.15, 0.2) is 0 Å². The summed E-state index contributed by atoms with van der Waals surface area (Å²) >= 11 is 0. The van der Waals surface area contributed by atoms with Gasteiger partial charge in [0, 0.05) is 6.42 Å². The molecule has 0 bridgehead atoms. The van der Waals surface area contributed by atoms with Gasteiger partial charge in [-0.1, -0.05) is 0 Å². The van der Waals surface area contributed by atoms with Gasteiger partial charge in [0.1, 0.15) is 12.0 Å². The second-order valence-electron chi connectivity index (χ2n) is 5.66. The fourth-order valence-electron chi connectivity index (χ4n) is 1.84. The Hall–Kier alpha value is -1.40. The zero-order valence-corrected chi connectivity index (χ0v) is 11.6. The molecule has 1 saturated heterocycles. The Morgan fingerprint density at radius 2 is 1.84 bits per heavy atom. The quantitative estimate of drug-likeness (QED) is 0.646. The van der Waals surface area contributed by atoms with Crippen LogP contribution in [0.15, 0.2) is 12.1 Å². The molecule has 1 N–H and O–H groups in total. The number of rotatable bonds is 3. The molecule has 0 radical (unpaired) electrons. The van der Waals surface area contributed by atoms with Gasteiger partial charge < -0.3 is 19.2 Å². The van der Waals surface area contributed by atoms with Crippen LogP contribution >= 0.6 is 0 Å². The highest BCUT2D eigenvalue weighted by Crippen LogP contribution is 2.36. The fourth-order valence-corrected chi connectivity index (χ4v) is 1.84. The van der Waals surface area contributed by atoms with E-state index in [1.807, 2.05) is 27.7 Å². The lowest BCUT2D eigenvalue weighted by Crippen LogP contribution is -2.41. The highest BCUT2D eigenvalue weighted by molar-refractivity contribution is 6.61. The van der Waals surface area contributed by atoms with Gasteiger partial charge in [0.2, 0.25) is 0 Å². The molecule has 1 fully saturated rings. The monoisotopic (exact) mass is 263 g/mol. The van der Waals surface area contributed by atoms with E-state index < -0.39 is 18.3 Å². The molecule has 1 aliphatic rings. The van der Waals surface area contributed by atoms with Crippen LogP contribution in [0.2, 0.25) is 0 Å². The molecule has 2 heterocycles. The van der Waals surface area contributed by atoms with E-state index >= 15 is 0 Å². The Morgan fingerprint density at radius 1 is 1.26 bits per heavy atom. The van der Waals surface area contributed by atoms with E-state index in [9.17, 15) is 9.90 Å². The smallest absolute Gasteiger partial charge is 0.506 e. The number of hydrogen-bond acceptors (Lipinski definition) is 5. The van der Waals surface area contributed by atoms with Crippen LogP contribution in [0.3, 0.4) is 0 Å². The minimum Gasteiger partial charge on any atom is -0.506 e. The van der Waals surface area contributed by atoms with Crippen molar-refractivity contribution >= 4 is 19.0 Å². The van der Waals surface area contributed by atoms with Crippen molar-refractivity contribution in [1.29, 1.82) is 0 Å². The highest BCUT2D eigenvalue weighted by atomic mass is 16.7. The fraction of sp³-hybridized carbons (Fsp3) is 0.538. The minimum absolute atomic E-state index is 0.00682. The van der Waals surface area contributed by atoms with Crippen molar-refractivity contribution in [2.45, 2.75) is 45.3 Å². The highest BCUT2D eigenvalue weighted by Gasteiger charge is 2.52. The third kappa shape index (κ3) is 2.50. The first-order valence-corrected chi connectivity index (χ1v) is 6.25. The van der Waals surface area contributed by atoms with E-state index in [2.05, 4.69) is 4.98 Å². The molecule has 6 heteroatoms. The molecule has 2 rings (SSSR count). The first-order chi connectivity index (χ1) is 8.77. The topological polar surface area (TPSA) is 68.7 Å². The van der Waals surface area contributed by atoms with Crippen LogP contribution in [0.25, 0.3) is 0 Å². The van der Waals surface area contributed by atoms with Crippen molar-refractivity contribution in [3.05, 3.63) is 17.8 Å². The van der Waals surface area contributed by atoms with Gasteiger partial charge in [-0.2, -0.15) is 0 Å². The van der Waals surface area contributed by atoms with Crippen molar-refractivity contribution in [3.63, 3.8) is 0 Å². The van der Waals surface area contributed by atoms with Gasteiger partial charge in [-0.15, -0.1) is 0 Å². The molecule has 19 heavy (non-hydrogen) atoms. The van der Waals surface area contributed by atoms with Crippen LogP contribution in [0, 0.1) is 0 Å². The number of aldehydes is 1. The molecule has 102 valence electrons. The lowest BCUT2D eigenvalue weighted by molar-refractivity contribution is -0.107. The van der Waals surface area contributed by atoms with E-state index in [4.69, 9.17) is 9.31 Å². The molecule has 0 saturated carbocycles. The van der Waals surface area contributed by atoms with Gasteiger partial charge in [-0.25, -0.2) is 0 Å². The predicted molar refractivity (Wildman–Crippen MR) is 71.4 cm³/mol. The molecule has 0 atom stereocenters. The molecule has 5 nitrogen and oxygen atoms in total. The van der Waals surface area contributed by atoms with E-state index in [0.29, 0.717) is 17.6 Å². The summed E-state index contributed by atoms with van der Waals surface area (Å²) in [4.78, 5) is 14.8. The van der Waals surface area contributed by atoms with Crippen LogP contribution in [0.5, 0.6) is 5.75 Å². The summed E-state index contributed by atoms with van der Waals surface area (Å²) in [5, 5.41) is 9.61. The summed E-state index contributed by atoms with van der Waals surface area (Å²) in [5.41, 5.74) is 0.0138. The molecule has 0 amide bonds. The Morgan fingerprint density at radius 3 is 2.37 bits per heavy atom. The molecule has 1 aromatic rings. The van der Waals surface area contributed by atoms with Crippen LogP contribution in [0.1, 0.15) is 33.4 Å². The third-order valence-corrected chi connectivity index (χ3v) is 3.74. The van der Waals surface area contributed by atoms with E-state index in [-0.39, 0.29) is 12.2 Å². The van der Waals surface area contributed by atoms with Gasteiger partial charge in [0.25, 0.3) is 0 Å². The molecule has 0 spiro atoms. The summed E-state index contributed by atoms with van der Waals surface area (Å²) in [7, 11) is -0.587. The number of nitrogens with zero attached hydrogens (tertiary/aromatic N) is 1. The average molecular weight is 263 g/mol. The molecule has 1 aliphatic heterocycles. The molecule has 1 aromatic heterocycles. The standard InChI is InChI=1S/C13H18BNO4/c1-12(2)13(3,4)19-14(18-12)11-6-5-10(17)9(15-11)7-8-16/h5-6,8,17H,7H2,1-4H3. The van der Waals surface area contributed by atoms with E-state index in [1.54, 1.807) is 6.07 Å². The van der Waals surface area contributed by atoms with Crippen LogP contribution in [-0.2, 0) is 20.5 Å². The van der Waals surface area contributed by atoms with Gasteiger partial charge in [-0.05, 0) is 39.8 Å². The van der Waals surface area contributed by atoms with Gasteiger partial charge >= 0.3 is 7.12 Å². The predicted octanol–water partition coefficient (Wildman–Crippen LogP) is 0.828. The Balaban J connectivity index is 2.29. The summed E-state index contributed by atoms with van der Waals surface area (Å²) in [6.45, 7) is 7.83. The van der Waals surface area contributed by atoms with Gasteiger partial charge in [0.05, 0.1) is 22.5 Å². The summed E-state index contributed by atoms with van der Waals surface area (Å²) in [5.74, 6) is 0.00682. The second kappa shape index (κ2) is 4.61. The average Bonchev–Trinajstić information content (AvgIpc) is 2.51. The van der Waals surface area contributed by atoms with Crippen molar-refractivity contribution in [1.82, 2.24) is 4.98 Å². The number of pyridine rings is 1. The van der Waals surface area contributed by atoms with Crippen LogP contribution in [-0.4, -0.2) is 34.7 Å². The number of hydrogen-bond donors (Lipinski definition) is 1. The molecular formula is C13H18BNO4. The van der Waals surface area contributed by atoms with Crippen molar-refractivity contribution in [3.8, 4) is 5.75 Å². The first kappa shape index (κ1) is 14.0.